The summed E-state index contributed by atoms with van der Waals surface area (Å²) in [5.41, 5.74) is 0.822. The van der Waals surface area contributed by atoms with Gasteiger partial charge < -0.3 is 5.32 Å². The maximum atomic E-state index is 11.9. The van der Waals surface area contributed by atoms with Gasteiger partial charge in [-0.1, -0.05) is 6.07 Å². The second-order valence-corrected chi connectivity index (χ2v) is 8.02. The first-order valence-electron chi connectivity index (χ1n) is 6.18. The highest BCUT2D eigenvalue weighted by molar-refractivity contribution is 9.10. The number of nitrogens with zero attached hydrogens (tertiary/aromatic N) is 1. The number of nitrogens with one attached hydrogen (secondary N) is 1. The first-order valence-corrected chi connectivity index (χ1v) is 9.62. The molecule has 0 unspecified atom stereocenters. The van der Waals surface area contributed by atoms with Crippen LogP contribution in [0.4, 0.5) is 0 Å². The Kier molecular flexibility index (Phi) is 4.84. The minimum atomic E-state index is 0.00705. The first-order chi connectivity index (χ1) is 10.2. The fourth-order valence-corrected chi connectivity index (χ4v) is 4.72. The van der Waals surface area contributed by atoms with Crippen molar-refractivity contribution < 1.29 is 4.79 Å². The second-order valence-electron chi connectivity index (χ2n) is 4.31. The van der Waals surface area contributed by atoms with Crippen LogP contribution in [-0.4, -0.2) is 10.9 Å². The zero-order valence-corrected chi connectivity index (χ0v) is 14.9. The van der Waals surface area contributed by atoms with Crippen LogP contribution in [0.15, 0.2) is 38.8 Å². The summed E-state index contributed by atoms with van der Waals surface area (Å²) >= 11 is 8.30. The molecule has 108 valence electrons. The SMILES string of the molecule is O=C(Cc1csc(-c2cc(Br)cs2)n1)NCc1cccs1. The zero-order chi connectivity index (χ0) is 14.7. The molecule has 0 bridgehead atoms. The van der Waals surface area contributed by atoms with Crippen LogP contribution in [0, 0.1) is 0 Å². The van der Waals surface area contributed by atoms with E-state index >= 15 is 0 Å². The highest BCUT2D eigenvalue weighted by Crippen LogP contribution is 2.32. The van der Waals surface area contributed by atoms with E-state index in [0.29, 0.717) is 13.0 Å². The molecule has 3 aromatic rings. The number of rotatable bonds is 5. The van der Waals surface area contributed by atoms with Gasteiger partial charge in [0, 0.05) is 20.1 Å². The van der Waals surface area contributed by atoms with E-state index in [9.17, 15) is 4.79 Å². The van der Waals surface area contributed by atoms with E-state index in [1.807, 2.05) is 34.3 Å². The van der Waals surface area contributed by atoms with Gasteiger partial charge in [0.15, 0.2) is 0 Å². The van der Waals surface area contributed by atoms with Gasteiger partial charge in [0.05, 0.1) is 23.5 Å². The van der Waals surface area contributed by atoms with Gasteiger partial charge in [-0.3, -0.25) is 4.79 Å². The van der Waals surface area contributed by atoms with Crippen molar-refractivity contribution in [3.05, 3.63) is 49.4 Å². The number of thiophene rings is 2. The minimum absolute atomic E-state index is 0.00705. The molecule has 0 spiro atoms. The largest absolute Gasteiger partial charge is 0.351 e. The number of aromatic nitrogens is 1. The molecule has 0 aliphatic rings. The number of amides is 1. The smallest absolute Gasteiger partial charge is 0.226 e. The van der Waals surface area contributed by atoms with Crippen molar-refractivity contribution in [2.45, 2.75) is 13.0 Å². The second kappa shape index (κ2) is 6.83. The van der Waals surface area contributed by atoms with Crippen molar-refractivity contribution in [1.29, 1.82) is 0 Å². The fraction of sp³-hybridized carbons (Fsp3) is 0.143. The third kappa shape index (κ3) is 4.00. The molecule has 3 rings (SSSR count). The van der Waals surface area contributed by atoms with Crippen LogP contribution < -0.4 is 5.32 Å². The van der Waals surface area contributed by atoms with Crippen LogP contribution in [-0.2, 0) is 17.8 Å². The Bertz CT molecular complexity index is 733. The number of hydrogen-bond acceptors (Lipinski definition) is 5. The average molecular weight is 399 g/mol. The zero-order valence-electron chi connectivity index (χ0n) is 10.8. The number of thiazole rings is 1. The molecule has 3 nitrogen and oxygen atoms in total. The molecule has 0 saturated carbocycles. The van der Waals surface area contributed by atoms with Crippen molar-refractivity contribution in [2.75, 3.05) is 0 Å². The van der Waals surface area contributed by atoms with Gasteiger partial charge in [-0.2, -0.15) is 0 Å². The van der Waals surface area contributed by atoms with Crippen LogP contribution in [0.5, 0.6) is 0 Å². The normalized spacial score (nSPS) is 10.7. The van der Waals surface area contributed by atoms with E-state index in [1.54, 1.807) is 34.0 Å². The van der Waals surface area contributed by atoms with Gasteiger partial charge in [0.25, 0.3) is 0 Å². The van der Waals surface area contributed by atoms with Crippen LogP contribution in [0.3, 0.4) is 0 Å². The Labute approximate surface area is 142 Å². The molecule has 0 saturated heterocycles. The Balaban J connectivity index is 1.58. The van der Waals surface area contributed by atoms with E-state index in [4.69, 9.17) is 0 Å². The number of carbonyl (C=O) groups is 1. The molecule has 3 heterocycles. The van der Waals surface area contributed by atoms with Crippen LogP contribution >= 0.6 is 49.9 Å². The van der Waals surface area contributed by atoms with Gasteiger partial charge in [-0.05, 0) is 33.4 Å². The fourth-order valence-electron chi connectivity index (χ4n) is 1.75. The molecule has 0 aliphatic heterocycles. The summed E-state index contributed by atoms with van der Waals surface area (Å²) < 4.78 is 1.06. The molecule has 0 aliphatic carbocycles. The Hall–Kier alpha value is -1.02. The summed E-state index contributed by atoms with van der Waals surface area (Å²) in [7, 11) is 0. The highest BCUT2D eigenvalue weighted by Gasteiger charge is 2.10. The summed E-state index contributed by atoms with van der Waals surface area (Å²) in [6.45, 7) is 0.589. The van der Waals surface area contributed by atoms with Gasteiger partial charge in [-0.25, -0.2) is 4.98 Å². The number of halogens is 1. The molecule has 0 radical (unpaired) electrons. The number of carbonyl (C=O) groups excluding carboxylic acids is 1. The first kappa shape index (κ1) is 14.9. The Morgan fingerprint density at radius 1 is 1.29 bits per heavy atom. The molecule has 1 amide bonds. The lowest BCUT2D eigenvalue weighted by Gasteiger charge is -2.01. The van der Waals surface area contributed by atoms with E-state index in [0.717, 1.165) is 24.9 Å². The molecule has 3 aromatic heterocycles. The molecular formula is C14H11BrN2OS3. The van der Waals surface area contributed by atoms with Crippen molar-refractivity contribution in [1.82, 2.24) is 10.3 Å². The third-order valence-electron chi connectivity index (χ3n) is 2.71. The standard InChI is InChI=1S/C14H11BrN2OS3/c15-9-4-12(20-7-9)14-17-10(8-21-14)5-13(18)16-6-11-2-1-3-19-11/h1-4,7-8H,5-6H2,(H,16,18). The predicted octanol–water partition coefficient (Wildman–Crippen LogP) is 4.55. The summed E-state index contributed by atoms with van der Waals surface area (Å²) in [5.74, 6) is 0.00705. The van der Waals surface area contributed by atoms with E-state index in [2.05, 4.69) is 26.2 Å². The van der Waals surface area contributed by atoms with Gasteiger partial charge >= 0.3 is 0 Å². The molecular weight excluding hydrogens is 388 g/mol. The summed E-state index contributed by atoms with van der Waals surface area (Å²) in [4.78, 5) is 18.7. The lowest BCUT2D eigenvalue weighted by Crippen LogP contribution is -2.24. The molecule has 1 N–H and O–H groups in total. The van der Waals surface area contributed by atoms with Crippen molar-refractivity contribution >= 4 is 55.8 Å². The maximum Gasteiger partial charge on any atom is 0.226 e. The number of hydrogen-bond donors (Lipinski definition) is 1. The molecule has 0 fully saturated rings. The lowest BCUT2D eigenvalue weighted by molar-refractivity contribution is -0.120. The summed E-state index contributed by atoms with van der Waals surface area (Å²) in [5, 5.41) is 9.87. The van der Waals surface area contributed by atoms with Gasteiger partial charge in [0.1, 0.15) is 5.01 Å². The highest BCUT2D eigenvalue weighted by atomic mass is 79.9. The Morgan fingerprint density at radius 3 is 2.90 bits per heavy atom. The van der Waals surface area contributed by atoms with Crippen molar-refractivity contribution in [3.8, 4) is 9.88 Å². The van der Waals surface area contributed by atoms with Crippen LogP contribution in [0.25, 0.3) is 9.88 Å². The van der Waals surface area contributed by atoms with Crippen molar-refractivity contribution in [2.24, 2.45) is 0 Å². The maximum absolute atomic E-state index is 11.9. The van der Waals surface area contributed by atoms with Crippen molar-refractivity contribution in [3.63, 3.8) is 0 Å². The van der Waals surface area contributed by atoms with E-state index < -0.39 is 0 Å². The summed E-state index contributed by atoms with van der Waals surface area (Å²) in [6, 6.07) is 6.04. The third-order valence-corrected chi connectivity index (χ3v) is 6.34. The predicted molar refractivity (Wildman–Crippen MR) is 93.0 cm³/mol. The average Bonchev–Trinajstić information content (AvgIpc) is 3.17. The molecule has 21 heavy (non-hydrogen) atoms. The summed E-state index contributed by atoms with van der Waals surface area (Å²) in [6.07, 6.45) is 0.328. The quantitative estimate of drug-likeness (QED) is 0.684. The Morgan fingerprint density at radius 2 is 2.19 bits per heavy atom. The van der Waals surface area contributed by atoms with Gasteiger partial charge in [0.2, 0.25) is 5.91 Å². The monoisotopic (exact) mass is 398 g/mol. The van der Waals surface area contributed by atoms with Crippen LogP contribution in [0.1, 0.15) is 10.6 Å². The lowest BCUT2D eigenvalue weighted by atomic mass is 10.3. The van der Waals surface area contributed by atoms with Crippen LogP contribution in [0.2, 0.25) is 0 Å². The molecule has 0 aromatic carbocycles. The topological polar surface area (TPSA) is 42.0 Å². The molecule has 7 heteroatoms. The van der Waals surface area contributed by atoms with E-state index in [-0.39, 0.29) is 5.91 Å². The minimum Gasteiger partial charge on any atom is -0.351 e. The van der Waals surface area contributed by atoms with Gasteiger partial charge in [-0.15, -0.1) is 34.0 Å². The van der Waals surface area contributed by atoms with E-state index in [1.165, 1.54) is 0 Å². The molecule has 0 atom stereocenters.